The van der Waals surface area contributed by atoms with E-state index in [1.807, 2.05) is 13.0 Å². The number of hydrogen-bond donors (Lipinski definition) is 2. The second-order valence-electron chi connectivity index (χ2n) is 4.82. The van der Waals surface area contributed by atoms with Crippen molar-refractivity contribution in [1.29, 1.82) is 0 Å². The fourth-order valence-corrected chi connectivity index (χ4v) is 2.37. The minimum absolute atomic E-state index is 0.404. The predicted molar refractivity (Wildman–Crippen MR) is 74.1 cm³/mol. The van der Waals surface area contributed by atoms with Crippen LogP contribution in [0.15, 0.2) is 18.2 Å². The highest BCUT2D eigenvalue weighted by Gasteiger charge is 2.34. The molecular formula is C14H18N2O4. The Bertz CT molecular complexity index is 530. The molecule has 6 heteroatoms. The van der Waals surface area contributed by atoms with E-state index in [0.717, 1.165) is 5.56 Å². The molecule has 1 aromatic rings. The van der Waals surface area contributed by atoms with Gasteiger partial charge in [-0.3, -0.25) is 0 Å². The van der Waals surface area contributed by atoms with E-state index in [9.17, 15) is 9.59 Å². The van der Waals surface area contributed by atoms with Crippen LogP contribution >= 0.6 is 0 Å². The molecule has 1 heterocycles. The summed E-state index contributed by atoms with van der Waals surface area (Å²) < 4.78 is 5.19. The SMILES string of the molecule is COc1ccc(C)cc1NC(=O)N1CCC[C@H]1C(=O)O. The number of urea groups is 1. The lowest BCUT2D eigenvalue weighted by Gasteiger charge is -2.22. The fourth-order valence-electron chi connectivity index (χ4n) is 2.37. The van der Waals surface area contributed by atoms with Crippen molar-refractivity contribution in [3.05, 3.63) is 23.8 Å². The van der Waals surface area contributed by atoms with Crippen LogP contribution in [-0.2, 0) is 4.79 Å². The summed E-state index contributed by atoms with van der Waals surface area (Å²) in [6.07, 6.45) is 1.20. The number of methoxy groups -OCH3 is 1. The van der Waals surface area contributed by atoms with Crippen LogP contribution in [0.1, 0.15) is 18.4 Å². The molecule has 0 spiro atoms. The summed E-state index contributed by atoms with van der Waals surface area (Å²) in [5, 5.41) is 11.8. The molecule has 1 aliphatic heterocycles. The number of benzene rings is 1. The van der Waals surface area contributed by atoms with E-state index < -0.39 is 18.0 Å². The standard InChI is InChI=1S/C14H18N2O4/c1-9-5-6-12(20-2)10(8-9)15-14(19)16-7-3-4-11(16)13(17)18/h5-6,8,11H,3-4,7H2,1-2H3,(H,15,19)(H,17,18)/t11-/m0/s1. The summed E-state index contributed by atoms with van der Waals surface area (Å²) in [5.41, 5.74) is 1.53. The number of ether oxygens (including phenoxy) is 1. The first-order chi connectivity index (χ1) is 9.52. The highest BCUT2D eigenvalue weighted by molar-refractivity contribution is 5.94. The topological polar surface area (TPSA) is 78.9 Å². The molecule has 108 valence electrons. The number of rotatable bonds is 3. The van der Waals surface area contributed by atoms with Crippen molar-refractivity contribution in [3.8, 4) is 5.75 Å². The highest BCUT2D eigenvalue weighted by Crippen LogP contribution is 2.26. The summed E-state index contributed by atoms with van der Waals surface area (Å²) in [7, 11) is 1.52. The van der Waals surface area contributed by atoms with Gasteiger partial charge >= 0.3 is 12.0 Å². The molecule has 20 heavy (non-hydrogen) atoms. The zero-order valence-corrected chi connectivity index (χ0v) is 11.5. The zero-order chi connectivity index (χ0) is 14.7. The van der Waals surface area contributed by atoms with Crippen molar-refractivity contribution in [2.75, 3.05) is 19.0 Å². The lowest BCUT2D eigenvalue weighted by atomic mass is 10.2. The van der Waals surface area contributed by atoms with Gasteiger partial charge in [0.25, 0.3) is 0 Å². The third kappa shape index (κ3) is 2.84. The Morgan fingerprint density at radius 3 is 2.85 bits per heavy atom. The number of amides is 2. The van der Waals surface area contributed by atoms with Crippen molar-refractivity contribution in [2.24, 2.45) is 0 Å². The Kier molecular flexibility index (Phi) is 4.12. The summed E-state index contributed by atoms with van der Waals surface area (Å²) in [6.45, 7) is 2.36. The third-order valence-electron chi connectivity index (χ3n) is 3.40. The van der Waals surface area contributed by atoms with Gasteiger partial charge in [0.1, 0.15) is 11.8 Å². The lowest BCUT2D eigenvalue weighted by molar-refractivity contribution is -0.141. The molecule has 1 fully saturated rings. The van der Waals surface area contributed by atoms with Crippen LogP contribution in [0.2, 0.25) is 0 Å². The van der Waals surface area contributed by atoms with Crippen LogP contribution < -0.4 is 10.1 Å². The molecule has 0 aliphatic carbocycles. The van der Waals surface area contributed by atoms with Gasteiger partial charge in [0.2, 0.25) is 0 Å². The summed E-state index contributed by atoms with van der Waals surface area (Å²) >= 11 is 0. The van der Waals surface area contributed by atoms with Gasteiger partial charge in [0, 0.05) is 6.54 Å². The monoisotopic (exact) mass is 278 g/mol. The van der Waals surface area contributed by atoms with Gasteiger partial charge in [-0.05, 0) is 37.5 Å². The summed E-state index contributed by atoms with van der Waals surface area (Å²) in [6, 6.07) is 4.29. The van der Waals surface area contributed by atoms with Crippen LogP contribution in [0.5, 0.6) is 5.75 Å². The third-order valence-corrected chi connectivity index (χ3v) is 3.40. The van der Waals surface area contributed by atoms with Gasteiger partial charge in [0.05, 0.1) is 12.8 Å². The molecule has 1 atom stereocenters. The van der Waals surface area contributed by atoms with Gasteiger partial charge in [0.15, 0.2) is 0 Å². The number of aryl methyl sites for hydroxylation is 1. The largest absolute Gasteiger partial charge is 0.495 e. The predicted octanol–water partition coefficient (Wildman–Crippen LogP) is 2.08. The van der Waals surface area contributed by atoms with Crippen molar-refractivity contribution in [2.45, 2.75) is 25.8 Å². The number of carbonyl (C=O) groups is 2. The minimum atomic E-state index is -0.964. The van der Waals surface area contributed by atoms with E-state index in [4.69, 9.17) is 9.84 Å². The number of nitrogens with one attached hydrogen (secondary N) is 1. The molecule has 2 N–H and O–H groups in total. The first-order valence-electron chi connectivity index (χ1n) is 6.48. The van der Waals surface area contributed by atoms with Crippen molar-refractivity contribution < 1.29 is 19.4 Å². The Morgan fingerprint density at radius 2 is 2.20 bits per heavy atom. The van der Waals surface area contributed by atoms with Crippen LogP contribution in [0.25, 0.3) is 0 Å². The minimum Gasteiger partial charge on any atom is -0.495 e. The van der Waals surface area contributed by atoms with Crippen molar-refractivity contribution in [1.82, 2.24) is 4.90 Å². The quantitative estimate of drug-likeness (QED) is 0.887. The second kappa shape index (κ2) is 5.81. The maximum atomic E-state index is 12.2. The molecular weight excluding hydrogens is 260 g/mol. The first kappa shape index (κ1) is 14.2. The van der Waals surface area contributed by atoms with Gasteiger partial charge in [-0.1, -0.05) is 6.07 Å². The van der Waals surface area contributed by atoms with E-state index >= 15 is 0 Å². The number of hydrogen-bond acceptors (Lipinski definition) is 3. The molecule has 1 aliphatic rings. The normalized spacial score (nSPS) is 17.9. The van der Waals surface area contributed by atoms with Crippen LogP contribution in [0.3, 0.4) is 0 Å². The van der Waals surface area contributed by atoms with Gasteiger partial charge < -0.3 is 20.1 Å². The maximum Gasteiger partial charge on any atom is 0.326 e. The molecule has 6 nitrogen and oxygen atoms in total. The Morgan fingerprint density at radius 1 is 1.45 bits per heavy atom. The van der Waals surface area contributed by atoms with E-state index in [1.165, 1.54) is 12.0 Å². The fraction of sp³-hybridized carbons (Fsp3) is 0.429. The first-order valence-corrected chi connectivity index (χ1v) is 6.48. The number of aliphatic carboxylic acids is 1. The van der Waals surface area contributed by atoms with Crippen molar-refractivity contribution >= 4 is 17.7 Å². The Labute approximate surface area is 117 Å². The van der Waals surface area contributed by atoms with Crippen LogP contribution in [0.4, 0.5) is 10.5 Å². The molecule has 1 aromatic carbocycles. The number of anilines is 1. The maximum absolute atomic E-state index is 12.2. The Hall–Kier alpha value is -2.24. The lowest BCUT2D eigenvalue weighted by Crippen LogP contribution is -2.42. The van der Waals surface area contributed by atoms with Crippen LogP contribution in [-0.4, -0.2) is 41.7 Å². The molecule has 1 saturated heterocycles. The van der Waals surface area contributed by atoms with E-state index in [2.05, 4.69) is 5.32 Å². The number of carboxylic acid groups (broad SMARTS) is 1. The molecule has 0 bridgehead atoms. The van der Waals surface area contributed by atoms with Crippen molar-refractivity contribution in [3.63, 3.8) is 0 Å². The molecule has 0 radical (unpaired) electrons. The average molecular weight is 278 g/mol. The second-order valence-corrected chi connectivity index (χ2v) is 4.82. The number of nitrogens with zero attached hydrogens (tertiary/aromatic N) is 1. The molecule has 2 amide bonds. The average Bonchev–Trinajstić information content (AvgIpc) is 2.88. The summed E-state index contributed by atoms with van der Waals surface area (Å²) in [5.74, 6) is -0.413. The summed E-state index contributed by atoms with van der Waals surface area (Å²) in [4.78, 5) is 24.7. The molecule has 0 unspecified atom stereocenters. The van der Waals surface area contributed by atoms with Gasteiger partial charge in [-0.2, -0.15) is 0 Å². The van der Waals surface area contributed by atoms with Crippen LogP contribution in [0, 0.1) is 6.92 Å². The Balaban J connectivity index is 2.15. The molecule has 0 aromatic heterocycles. The molecule has 2 rings (SSSR count). The van der Waals surface area contributed by atoms with Gasteiger partial charge in [-0.15, -0.1) is 0 Å². The van der Waals surface area contributed by atoms with E-state index in [0.29, 0.717) is 30.8 Å². The number of carboxylic acids is 1. The number of likely N-dealkylation sites (tertiary alicyclic amines) is 1. The van der Waals surface area contributed by atoms with Gasteiger partial charge in [-0.25, -0.2) is 9.59 Å². The highest BCUT2D eigenvalue weighted by atomic mass is 16.5. The van der Waals surface area contributed by atoms with E-state index in [1.54, 1.807) is 12.1 Å². The van der Waals surface area contributed by atoms with E-state index in [-0.39, 0.29) is 0 Å². The number of carbonyl (C=O) groups excluding carboxylic acids is 1. The smallest absolute Gasteiger partial charge is 0.326 e. The molecule has 0 saturated carbocycles. The zero-order valence-electron chi connectivity index (χ0n) is 11.5.